The van der Waals surface area contributed by atoms with Gasteiger partial charge in [0.25, 0.3) is 0 Å². The van der Waals surface area contributed by atoms with Crippen molar-refractivity contribution in [3.8, 4) is 0 Å². The van der Waals surface area contributed by atoms with Gasteiger partial charge in [-0.05, 0) is 19.8 Å². The average Bonchev–Trinajstić information content (AvgIpc) is 2.30. The van der Waals surface area contributed by atoms with E-state index in [0.717, 1.165) is 37.4 Å². The lowest BCUT2D eigenvalue weighted by Crippen LogP contribution is -2.25. The minimum absolute atomic E-state index is 0.224. The lowest BCUT2D eigenvalue weighted by atomic mass is 10.3. The molecule has 1 aromatic heterocycles. The summed E-state index contributed by atoms with van der Waals surface area (Å²) in [7, 11) is 0. The van der Waals surface area contributed by atoms with Crippen molar-refractivity contribution in [2.45, 2.75) is 26.7 Å². The van der Waals surface area contributed by atoms with Crippen molar-refractivity contribution in [2.75, 3.05) is 24.6 Å². The van der Waals surface area contributed by atoms with Crippen molar-refractivity contribution in [3.05, 3.63) is 18.1 Å². The molecule has 0 aliphatic rings. The second-order valence-electron chi connectivity index (χ2n) is 3.38. The van der Waals surface area contributed by atoms with Crippen LogP contribution >= 0.6 is 0 Å². The van der Waals surface area contributed by atoms with Gasteiger partial charge in [0.2, 0.25) is 0 Å². The van der Waals surface area contributed by atoms with Crippen molar-refractivity contribution in [2.24, 2.45) is 0 Å². The molecule has 1 aromatic rings. The van der Waals surface area contributed by atoms with Crippen LogP contribution in [0.25, 0.3) is 0 Å². The number of aromatic nitrogens is 2. The van der Waals surface area contributed by atoms with Gasteiger partial charge < -0.3 is 10.0 Å². The van der Waals surface area contributed by atoms with Gasteiger partial charge in [-0.1, -0.05) is 6.92 Å². The van der Waals surface area contributed by atoms with Crippen LogP contribution in [0.4, 0.5) is 5.82 Å². The molecule has 0 amide bonds. The first-order valence-corrected chi connectivity index (χ1v) is 5.48. The van der Waals surface area contributed by atoms with E-state index in [0.29, 0.717) is 0 Å². The highest BCUT2D eigenvalue weighted by atomic mass is 16.3. The fourth-order valence-electron chi connectivity index (χ4n) is 1.45. The van der Waals surface area contributed by atoms with Crippen LogP contribution < -0.4 is 4.90 Å². The van der Waals surface area contributed by atoms with Crippen LogP contribution in [0.3, 0.4) is 0 Å². The van der Waals surface area contributed by atoms with E-state index in [1.54, 1.807) is 6.33 Å². The van der Waals surface area contributed by atoms with Gasteiger partial charge in [0.05, 0.1) is 0 Å². The highest BCUT2D eigenvalue weighted by Crippen LogP contribution is 2.11. The number of rotatable bonds is 6. The fraction of sp³-hybridized carbons (Fsp3) is 0.636. The van der Waals surface area contributed by atoms with E-state index in [9.17, 15) is 0 Å². The van der Waals surface area contributed by atoms with E-state index in [1.165, 1.54) is 0 Å². The molecular formula is C11H19N3O. The molecule has 0 unspecified atom stereocenters. The molecule has 0 aromatic carbocycles. The molecule has 0 saturated heterocycles. The lowest BCUT2D eigenvalue weighted by Gasteiger charge is -2.21. The molecule has 0 spiro atoms. The van der Waals surface area contributed by atoms with Gasteiger partial charge >= 0.3 is 0 Å². The Bertz CT molecular complexity index is 291. The van der Waals surface area contributed by atoms with Crippen LogP contribution in [0.2, 0.25) is 0 Å². The monoisotopic (exact) mass is 209 g/mol. The molecule has 0 bridgehead atoms. The van der Waals surface area contributed by atoms with Gasteiger partial charge in [0, 0.05) is 31.5 Å². The SMILES string of the molecule is CCc1cc(N(CC)CCCO)ncn1. The predicted octanol–water partition coefficient (Wildman–Crippen LogP) is 1.25. The molecule has 0 aliphatic carbocycles. The summed E-state index contributed by atoms with van der Waals surface area (Å²) in [5, 5.41) is 8.80. The predicted molar refractivity (Wildman–Crippen MR) is 61.0 cm³/mol. The molecule has 0 radical (unpaired) electrons. The third-order valence-electron chi connectivity index (χ3n) is 2.36. The van der Waals surface area contributed by atoms with Gasteiger partial charge in [-0.2, -0.15) is 0 Å². The number of hydrogen-bond acceptors (Lipinski definition) is 4. The Morgan fingerprint density at radius 2 is 2.13 bits per heavy atom. The van der Waals surface area contributed by atoms with Crippen LogP contribution in [0.15, 0.2) is 12.4 Å². The smallest absolute Gasteiger partial charge is 0.132 e. The topological polar surface area (TPSA) is 49.2 Å². The zero-order valence-corrected chi connectivity index (χ0v) is 9.48. The third-order valence-corrected chi connectivity index (χ3v) is 2.36. The Hall–Kier alpha value is -1.16. The summed E-state index contributed by atoms with van der Waals surface area (Å²) < 4.78 is 0. The summed E-state index contributed by atoms with van der Waals surface area (Å²) in [4.78, 5) is 10.6. The van der Waals surface area contributed by atoms with E-state index in [1.807, 2.05) is 6.07 Å². The first-order valence-electron chi connectivity index (χ1n) is 5.48. The summed E-state index contributed by atoms with van der Waals surface area (Å²) in [6.45, 7) is 6.14. The van der Waals surface area contributed by atoms with Crippen LogP contribution in [0, 0.1) is 0 Å². The molecule has 1 rings (SSSR count). The van der Waals surface area contributed by atoms with E-state index >= 15 is 0 Å². The number of anilines is 1. The van der Waals surface area contributed by atoms with Gasteiger partial charge in [-0.15, -0.1) is 0 Å². The molecule has 4 nitrogen and oxygen atoms in total. The van der Waals surface area contributed by atoms with Crippen molar-refractivity contribution < 1.29 is 5.11 Å². The maximum atomic E-state index is 8.80. The fourth-order valence-corrected chi connectivity index (χ4v) is 1.45. The van der Waals surface area contributed by atoms with Crippen LogP contribution in [0.1, 0.15) is 26.0 Å². The van der Waals surface area contributed by atoms with Gasteiger partial charge in [-0.25, -0.2) is 9.97 Å². The molecule has 0 fully saturated rings. The number of aliphatic hydroxyl groups is 1. The molecular weight excluding hydrogens is 190 g/mol. The second kappa shape index (κ2) is 6.35. The molecule has 4 heteroatoms. The number of nitrogens with zero attached hydrogens (tertiary/aromatic N) is 3. The largest absolute Gasteiger partial charge is 0.396 e. The van der Waals surface area contributed by atoms with E-state index in [4.69, 9.17) is 5.11 Å². The van der Waals surface area contributed by atoms with Crippen molar-refractivity contribution in [1.82, 2.24) is 9.97 Å². The molecule has 1 N–H and O–H groups in total. The van der Waals surface area contributed by atoms with Gasteiger partial charge in [0.1, 0.15) is 12.1 Å². The van der Waals surface area contributed by atoms with Crippen molar-refractivity contribution in [1.29, 1.82) is 0 Å². The normalized spacial score (nSPS) is 10.3. The Morgan fingerprint density at radius 3 is 2.73 bits per heavy atom. The Morgan fingerprint density at radius 1 is 1.33 bits per heavy atom. The second-order valence-corrected chi connectivity index (χ2v) is 3.38. The van der Waals surface area contributed by atoms with E-state index < -0.39 is 0 Å². The van der Waals surface area contributed by atoms with Gasteiger partial charge in [-0.3, -0.25) is 0 Å². The first-order chi connectivity index (χ1) is 7.31. The Balaban J connectivity index is 2.72. The molecule has 0 atom stereocenters. The average molecular weight is 209 g/mol. The first kappa shape index (κ1) is 11.9. The summed E-state index contributed by atoms with van der Waals surface area (Å²) in [5.74, 6) is 0.956. The lowest BCUT2D eigenvalue weighted by molar-refractivity contribution is 0.289. The highest BCUT2D eigenvalue weighted by Gasteiger charge is 2.05. The van der Waals surface area contributed by atoms with Crippen molar-refractivity contribution in [3.63, 3.8) is 0 Å². The quantitative estimate of drug-likeness (QED) is 0.766. The maximum absolute atomic E-state index is 8.80. The molecule has 15 heavy (non-hydrogen) atoms. The van der Waals surface area contributed by atoms with Crippen LogP contribution in [-0.2, 0) is 6.42 Å². The minimum Gasteiger partial charge on any atom is -0.396 e. The summed E-state index contributed by atoms with van der Waals surface area (Å²) in [6, 6.07) is 2.01. The number of hydrogen-bond donors (Lipinski definition) is 1. The summed E-state index contributed by atoms with van der Waals surface area (Å²) in [6.07, 6.45) is 3.31. The zero-order chi connectivity index (χ0) is 11.1. The minimum atomic E-state index is 0.224. The molecule has 84 valence electrons. The molecule has 1 heterocycles. The zero-order valence-electron chi connectivity index (χ0n) is 9.48. The third kappa shape index (κ3) is 3.47. The van der Waals surface area contributed by atoms with E-state index in [-0.39, 0.29) is 6.61 Å². The van der Waals surface area contributed by atoms with Crippen molar-refractivity contribution >= 4 is 5.82 Å². The maximum Gasteiger partial charge on any atom is 0.132 e. The molecule has 0 saturated carbocycles. The molecule has 0 aliphatic heterocycles. The van der Waals surface area contributed by atoms with Gasteiger partial charge in [0.15, 0.2) is 0 Å². The van der Waals surface area contributed by atoms with Crippen LogP contribution in [0.5, 0.6) is 0 Å². The summed E-state index contributed by atoms with van der Waals surface area (Å²) >= 11 is 0. The Kier molecular flexibility index (Phi) is 5.04. The standard InChI is InChI=1S/C11H19N3O/c1-3-10-8-11(13-9-12-10)14(4-2)6-5-7-15/h8-9,15H,3-7H2,1-2H3. The number of aryl methyl sites for hydroxylation is 1. The summed E-state index contributed by atoms with van der Waals surface area (Å²) in [5.41, 5.74) is 1.06. The van der Waals surface area contributed by atoms with Crippen LogP contribution in [-0.4, -0.2) is 34.8 Å². The Labute approximate surface area is 91.0 Å². The number of aliphatic hydroxyl groups excluding tert-OH is 1. The highest BCUT2D eigenvalue weighted by molar-refractivity contribution is 5.38. The van der Waals surface area contributed by atoms with E-state index in [2.05, 4.69) is 28.7 Å².